The average molecular weight is 384 g/mol. The fraction of sp³-hybridized carbons (Fsp3) is 0.238. The maximum Gasteiger partial charge on any atom is 0.224 e. The minimum atomic E-state index is -0.314. The number of aromatic nitrogens is 1. The molecule has 2 aromatic carbocycles. The van der Waals surface area contributed by atoms with Gasteiger partial charge in [-0.15, -0.1) is 0 Å². The lowest BCUT2D eigenvalue weighted by Crippen LogP contribution is -2.13. The Morgan fingerprint density at radius 3 is 2.50 bits per heavy atom. The Kier molecular flexibility index (Phi) is 5.93. The average Bonchev–Trinajstić information content (AvgIpc) is 3.17. The van der Waals surface area contributed by atoms with Gasteiger partial charge >= 0.3 is 0 Å². The molecule has 0 unspecified atom stereocenters. The van der Waals surface area contributed by atoms with Gasteiger partial charge in [0.05, 0.1) is 20.4 Å². The van der Waals surface area contributed by atoms with Crippen molar-refractivity contribution in [2.24, 2.45) is 0 Å². The van der Waals surface area contributed by atoms with Crippen molar-refractivity contribution in [1.29, 1.82) is 0 Å². The smallest absolute Gasteiger partial charge is 0.224 e. The first-order valence-electron chi connectivity index (χ1n) is 8.73. The summed E-state index contributed by atoms with van der Waals surface area (Å²) in [6, 6.07) is 9.48. The van der Waals surface area contributed by atoms with E-state index in [1.165, 1.54) is 12.1 Å². The minimum Gasteiger partial charge on any atom is -0.493 e. The lowest BCUT2D eigenvalue weighted by molar-refractivity contribution is -0.116. The number of carbonyl (C=O) groups excluding carboxylic acids is 1. The van der Waals surface area contributed by atoms with Gasteiger partial charge in [0.1, 0.15) is 5.82 Å². The van der Waals surface area contributed by atoms with Crippen molar-refractivity contribution < 1.29 is 23.1 Å². The summed E-state index contributed by atoms with van der Waals surface area (Å²) in [7, 11) is 3.10. The van der Waals surface area contributed by atoms with Gasteiger partial charge in [-0.3, -0.25) is 4.79 Å². The molecule has 0 radical (unpaired) electrons. The number of benzene rings is 2. The van der Waals surface area contributed by atoms with Gasteiger partial charge in [-0.05, 0) is 42.8 Å². The second-order valence-corrected chi connectivity index (χ2v) is 6.20. The summed E-state index contributed by atoms with van der Waals surface area (Å²) in [5.41, 5.74) is 2.24. The molecule has 7 heteroatoms. The first kappa shape index (κ1) is 19.4. The number of nitrogens with one attached hydrogen (secondary N) is 1. The van der Waals surface area contributed by atoms with E-state index in [2.05, 4.69) is 10.3 Å². The molecule has 0 saturated carbocycles. The monoisotopic (exact) mass is 384 g/mol. The quantitative estimate of drug-likeness (QED) is 0.654. The number of ether oxygens (including phenoxy) is 2. The van der Waals surface area contributed by atoms with Crippen LogP contribution in [-0.2, 0) is 11.2 Å². The first-order chi connectivity index (χ1) is 13.5. The van der Waals surface area contributed by atoms with Crippen LogP contribution in [0.25, 0.3) is 11.3 Å². The molecule has 3 aromatic rings. The maximum atomic E-state index is 13.0. The molecule has 3 rings (SSSR count). The van der Waals surface area contributed by atoms with E-state index in [0.29, 0.717) is 35.3 Å². The molecule has 0 aliphatic carbocycles. The van der Waals surface area contributed by atoms with Crippen LogP contribution >= 0.6 is 0 Å². The predicted octanol–water partition coefficient (Wildman–Crippen LogP) is 4.38. The van der Waals surface area contributed by atoms with Crippen LogP contribution in [0.5, 0.6) is 11.5 Å². The fourth-order valence-electron chi connectivity index (χ4n) is 2.72. The fourth-order valence-corrected chi connectivity index (χ4v) is 2.72. The summed E-state index contributed by atoms with van der Waals surface area (Å²) in [6.45, 7) is 1.88. The highest BCUT2D eigenvalue weighted by Crippen LogP contribution is 2.33. The van der Waals surface area contributed by atoms with E-state index in [1.807, 2.05) is 6.92 Å². The van der Waals surface area contributed by atoms with Crippen molar-refractivity contribution in [3.05, 3.63) is 59.9 Å². The number of rotatable bonds is 7. The highest BCUT2D eigenvalue weighted by Gasteiger charge is 2.13. The number of oxazole rings is 1. The predicted molar refractivity (Wildman–Crippen MR) is 103 cm³/mol. The summed E-state index contributed by atoms with van der Waals surface area (Å²) < 4.78 is 29.2. The summed E-state index contributed by atoms with van der Waals surface area (Å²) in [5, 5.41) is 2.87. The molecule has 1 aromatic heterocycles. The summed E-state index contributed by atoms with van der Waals surface area (Å²) in [6.07, 6.45) is 2.12. The Morgan fingerprint density at radius 2 is 1.82 bits per heavy atom. The standard InChI is InChI=1S/C21H21FN2O4/c1-13-10-17(26-2)18(27-3)11-16(13)24-20(25)8-9-21-23-12-19(28-21)14-4-6-15(22)7-5-14/h4-7,10-12H,8-9H2,1-3H3,(H,24,25). The minimum absolute atomic E-state index is 0.170. The number of aryl methyl sites for hydroxylation is 2. The van der Waals surface area contributed by atoms with Gasteiger partial charge in [0.2, 0.25) is 5.91 Å². The molecule has 1 N–H and O–H groups in total. The van der Waals surface area contributed by atoms with E-state index in [-0.39, 0.29) is 18.1 Å². The van der Waals surface area contributed by atoms with Crippen LogP contribution < -0.4 is 14.8 Å². The molecule has 28 heavy (non-hydrogen) atoms. The Hall–Kier alpha value is -3.35. The van der Waals surface area contributed by atoms with Crippen molar-refractivity contribution >= 4 is 11.6 Å². The van der Waals surface area contributed by atoms with Crippen LogP contribution in [0.4, 0.5) is 10.1 Å². The molecule has 0 aliphatic heterocycles. The number of anilines is 1. The Labute approximate surface area is 162 Å². The van der Waals surface area contributed by atoms with E-state index in [1.54, 1.807) is 44.7 Å². The zero-order valence-corrected chi connectivity index (χ0v) is 15.9. The van der Waals surface area contributed by atoms with Crippen molar-refractivity contribution in [2.45, 2.75) is 19.8 Å². The molecule has 0 saturated heterocycles. The summed E-state index contributed by atoms with van der Waals surface area (Å²) in [4.78, 5) is 16.5. The second-order valence-electron chi connectivity index (χ2n) is 6.20. The second kappa shape index (κ2) is 8.56. The first-order valence-corrected chi connectivity index (χ1v) is 8.73. The molecular formula is C21H21FN2O4. The number of hydrogen-bond acceptors (Lipinski definition) is 5. The molecule has 6 nitrogen and oxygen atoms in total. The molecule has 0 spiro atoms. The van der Waals surface area contributed by atoms with Gasteiger partial charge < -0.3 is 19.2 Å². The van der Waals surface area contributed by atoms with Crippen molar-refractivity contribution in [2.75, 3.05) is 19.5 Å². The van der Waals surface area contributed by atoms with E-state index < -0.39 is 0 Å². The SMILES string of the molecule is COc1cc(C)c(NC(=O)CCc2ncc(-c3ccc(F)cc3)o2)cc1OC. The molecule has 1 heterocycles. The zero-order valence-electron chi connectivity index (χ0n) is 15.9. The Balaban J connectivity index is 1.61. The molecule has 0 aliphatic rings. The Bertz CT molecular complexity index is 967. The topological polar surface area (TPSA) is 73.6 Å². The maximum absolute atomic E-state index is 13.0. The van der Waals surface area contributed by atoms with Gasteiger partial charge in [0, 0.05) is 30.2 Å². The molecule has 0 bridgehead atoms. The van der Waals surface area contributed by atoms with E-state index in [4.69, 9.17) is 13.9 Å². The van der Waals surface area contributed by atoms with Gasteiger partial charge in [0.25, 0.3) is 0 Å². The number of nitrogens with zero attached hydrogens (tertiary/aromatic N) is 1. The number of amides is 1. The van der Waals surface area contributed by atoms with Gasteiger partial charge in [0.15, 0.2) is 23.1 Å². The van der Waals surface area contributed by atoms with Crippen LogP contribution in [0, 0.1) is 12.7 Å². The van der Waals surface area contributed by atoms with Crippen molar-refractivity contribution in [3.8, 4) is 22.8 Å². The van der Waals surface area contributed by atoms with E-state index in [9.17, 15) is 9.18 Å². The van der Waals surface area contributed by atoms with Gasteiger partial charge in [-0.1, -0.05) is 0 Å². The summed E-state index contributed by atoms with van der Waals surface area (Å²) >= 11 is 0. The highest BCUT2D eigenvalue weighted by atomic mass is 19.1. The van der Waals surface area contributed by atoms with Crippen LogP contribution in [-0.4, -0.2) is 25.1 Å². The molecule has 0 atom stereocenters. The highest BCUT2D eigenvalue weighted by molar-refractivity contribution is 5.92. The number of carbonyl (C=O) groups is 1. The molecule has 0 fully saturated rings. The van der Waals surface area contributed by atoms with Crippen molar-refractivity contribution in [3.63, 3.8) is 0 Å². The third kappa shape index (κ3) is 4.49. The third-order valence-corrected chi connectivity index (χ3v) is 4.25. The normalized spacial score (nSPS) is 10.6. The lowest BCUT2D eigenvalue weighted by Gasteiger charge is -2.13. The molecule has 1 amide bonds. The van der Waals surface area contributed by atoms with Crippen LogP contribution in [0.1, 0.15) is 17.9 Å². The largest absolute Gasteiger partial charge is 0.493 e. The molecule has 146 valence electrons. The molecular weight excluding hydrogens is 363 g/mol. The van der Waals surface area contributed by atoms with Crippen molar-refractivity contribution in [1.82, 2.24) is 4.98 Å². The zero-order chi connectivity index (χ0) is 20.1. The summed E-state index contributed by atoms with van der Waals surface area (Å²) in [5.74, 6) is 1.64. The van der Waals surface area contributed by atoms with E-state index >= 15 is 0 Å². The number of hydrogen-bond donors (Lipinski definition) is 1. The number of halogens is 1. The Morgan fingerprint density at radius 1 is 1.14 bits per heavy atom. The third-order valence-electron chi connectivity index (χ3n) is 4.25. The van der Waals surface area contributed by atoms with Crippen LogP contribution in [0.15, 0.2) is 47.0 Å². The number of methoxy groups -OCH3 is 2. The van der Waals surface area contributed by atoms with Crippen LogP contribution in [0.3, 0.4) is 0 Å². The van der Waals surface area contributed by atoms with Crippen LogP contribution in [0.2, 0.25) is 0 Å². The van der Waals surface area contributed by atoms with E-state index in [0.717, 1.165) is 11.1 Å². The van der Waals surface area contributed by atoms with Gasteiger partial charge in [-0.25, -0.2) is 9.37 Å². The van der Waals surface area contributed by atoms with Gasteiger partial charge in [-0.2, -0.15) is 0 Å². The lowest BCUT2D eigenvalue weighted by atomic mass is 10.1.